The topological polar surface area (TPSA) is 83.8 Å². The van der Waals surface area contributed by atoms with E-state index in [1.54, 1.807) is 0 Å². The average Bonchev–Trinajstić information content (AvgIpc) is 1.87. The summed E-state index contributed by atoms with van der Waals surface area (Å²) in [7, 11) is 0. The van der Waals surface area contributed by atoms with Crippen molar-refractivity contribution >= 4 is 6.09 Å². The maximum Gasteiger partial charge on any atom is 0.137 e. The van der Waals surface area contributed by atoms with Crippen LogP contribution < -0.4 is 5.11 Å². The monoisotopic (exact) mass is 148 g/mol. The normalized spacial score (nSPS) is 9.40. The quantitative estimate of drug-likeness (QED) is 0.466. The SMILES string of the molecule is O=C([O-])N(CCO)CCO. The Morgan fingerprint density at radius 3 is 1.90 bits per heavy atom. The van der Waals surface area contributed by atoms with Crippen molar-refractivity contribution in [3.05, 3.63) is 0 Å². The van der Waals surface area contributed by atoms with Crippen LogP contribution in [-0.2, 0) is 0 Å². The molecule has 0 heterocycles. The van der Waals surface area contributed by atoms with Crippen LogP contribution in [0, 0.1) is 0 Å². The Kier molecular flexibility index (Phi) is 4.61. The van der Waals surface area contributed by atoms with Gasteiger partial charge in [-0.25, -0.2) is 0 Å². The molecule has 1 amide bonds. The maximum atomic E-state index is 10.1. The molecule has 0 atom stereocenters. The van der Waals surface area contributed by atoms with Crippen LogP contribution >= 0.6 is 0 Å². The summed E-state index contributed by atoms with van der Waals surface area (Å²) in [5.41, 5.74) is 0. The number of carboxylic acid groups (broad SMARTS) is 1. The molecule has 2 N–H and O–H groups in total. The third kappa shape index (κ3) is 3.26. The number of rotatable bonds is 4. The molecule has 0 radical (unpaired) electrons. The van der Waals surface area contributed by atoms with E-state index in [1.165, 1.54) is 0 Å². The predicted molar refractivity (Wildman–Crippen MR) is 31.1 cm³/mol. The van der Waals surface area contributed by atoms with Gasteiger partial charge in [-0.3, -0.25) is 0 Å². The molecule has 0 aromatic heterocycles. The summed E-state index contributed by atoms with van der Waals surface area (Å²) >= 11 is 0. The zero-order valence-corrected chi connectivity index (χ0v) is 5.49. The van der Waals surface area contributed by atoms with Crippen molar-refractivity contribution in [1.29, 1.82) is 0 Å². The third-order valence-corrected chi connectivity index (χ3v) is 0.998. The zero-order valence-electron chi connectivity index (χ0n) is 5.49. The van der Waals surface area contributed by atoms with E-state index in [1.807, 2.05) is 0 Å². The molecule has 0 rings (SSSR count). The number of aliphatic hydroxyl groups is 2. The van der Waals surface area contributed by atoms with E-state index in [9.17, 15) is 9.90 Å². The van der Waals surface area contributed by atoms with Crippen molar-refractivity contribution in [2.45, 2.75) is 0 Å². The van der Waals surface area contributed by atoms with Crippen LogP contribution in [0.5, 0.6) is 0 Å². The molecule has 0 unspecified atom stereocenters. The predicted octanol–water partition coefficient (Wildman–Crippen LogP) is -2.38. The lowest BCUT2D eigenvalue weighted by atomic mass is 10.5. The van der Waals surface area contributed by atoms with Gasteiger partial charge in [0.25, 0.3) is 0 Å². The Balaban J connectivity index is 3.61. The summed E-state index contributed by atoms with van der Waals surface area (Å²) in [5.74, 6) is 0. The Bertz CT molecular complexity index is 99.8. The fraction of sp³-hybridized carbons (Fsp3) is 0.800. The number of carbonyl (C=O) groups excluding carboxylic acids is 1. The van der Waals surface area contributed by atoms with E-state index < -0.39 is 6.09 Å². The fourth-order valence-corrected chi connectivity index (χ4v) is 0.536. The molecule has 0 aromatic carbocycles. The first-order valence-corrected chi connectivity index (χ1v) is 2.90. The Hall–Kier alpha value is -0.810. The van der Waals surface area contributed by atoms with Gasteiger partial charge in [-0.15, -0.1) is 0 Å². The van der Waals surface area contributed by atoms with Crippen LogP contribution in [-0.4, -0.2) is 47.5 Å². The number of aliphatic hydroxyl groups excluding tert-OH is 2. The number of carbonyl (C=O) groups is 1. The molecule has 0 spiro atoms. The van der Waals surface area contributed by atoms with Crippen LogP contribution in [0.4, 0.5) is 4.79 Å². The lowest BCUT2D eigenvalue weighted by molar-refractivity contribution is -0.266. The minimum Gasteiger partial charge on any atom is -0.530 e. The Labute approximate surface area is 58.5 Å². The summed E-state index contributed by atoms with van der Waals surface area (Å²) in [6.07, 6.45) is -1.37. The van der Waals surface area contributed by atoms with Gasteiger partial charge < -0.3 is 25.0 Å². The summed E-state index contributed by atoms with van der Waals surface area (Å²) < 4.78 is 0. The molecule has 0 aliphatic carbocycles. The van der Waals surface area contributed by atoms with Gasteiger partial charge in [0, 0.05) is 13.1 Å². The van der Waals surface area contributed by atoms with Gasteiger partial charge in [-0.05, 0) is 0 Å². The first kappa shape index (κ1) is 9.19. The molecule has 5 heteroatoms. The van der Waals surface area contributed by atoms with Crippen LogP contribution in [0.3, 0.4) is 0 Å². The molecular formula is C5H10NO4-. The standard InChI is InChI=1S/C5H11NO4/c7-3-1-6(2-4-8)5(9)10/h7-8H,1-4H2,(H,9,10)/p-1. The number of amides is 1. The minimum absolute atomic E-state index is 0.0110. The van der Waals surface area contributed by atoms with Crippen molar-refractivity contribution in [3.8, 4) is 0 Å². The molecule has 0 saturated heterocycles. The fourth-order valence-electron chi connectivity index (χ4n) is 0.536. The van der Waals surface area contributed by atoms with Gasteiger partial charge in [0.1, 0.15) is 6.09 Å². The van der Waals surface area contributed by atoms with Crippen molar-refractivity contribution < 1.29 is 20.1 Å². The van der Waals surface area contributed by atoms with E-state index in [2.05, 4.69) is 0 Å². The van der Waals surface area contributed by atoms with Crippen LogP contribution in [0.1, 0.15) is 0 Å². The molecule has 0 bridgehead atoms. The molecule has 5 nitrogen and oxygen atoms in total. The second kappa shape index (κ2) is 5.01. The summed E-state index contributed by atoms with van der Waals surface area (Å²) in [6, 6.07) is 0. The first-order valence-electron chi connectivity index (χ1n) is 2.90. The molecule has 60 valence electrons. The van der Waals surface area contributed by atoms with Crippen molar-refractivity contribution in [3.63, 3.8) is 0 Å². The highest BCUT2D eigenvalue weighted by molar-refractivity contribution is 5.62. The van der Waals surface area contributed by atoms with Crippen LogP contribution in [0.2, 0.25) is 0 Å². The maximum absolute atomic E-state index is 10.1. The van der Waals surface area contributed by atoms with Gasteiger partial charge in [-0.1, -0.05) is 0 Å². The average molecular weight is 148 g/mol. The van der Waals surface area contributed by atoms with Crippen molar-refractivity contribution in [2.24, 2.45) is 0 Å². The first-order chi connectivity index (χ1) is 4.72. The van der Waals surface area contributed by atoms with E-state index in [-0.39, 0.29) is 26.3 Å². The molecule has 0 aliphatic heterocycles. The summed E-state index contributed by atoms with van der Waals surface area (Å²) in [4.78, 5) is 10.9. The second-order valence-electron chi connectivity index (χ2n) is 1.70. The van der Waals surface area contributed by atoms with Gasteiger partial charge in [0.2, 0.25) is 0 Å². The lowest BCUT2D eigenvalue weighted by Crippen LogP contribution is -2.44. The van der Waals surface area contributed by atoms with Gasteiger partial charge in [-0.2, -0.15) is 0 Å². The van der Waals surface area contributed by atoms with E-state index in [0.29, 0.717) is 0 Å². The highest BCUT2D eigenvalue weighted by Crippen LogP contribution is 1.83. The van der Waals surface area contributed by atoms with Gasteiger partial charge in [0.15, 0.2) is 0 Å². The zero-order chi connectivity index (χ0) is 7.98. The Morgan fingerprint density at radius 2 is 1.70 bits per heavy atom. The summed E-state index contributed by atoms with van der Waals surface area (Å²) in [5, 5.41) is 26.7. The van der Waals surface area contributed by atoms with Gasteiger partial charge in [0.05, 0.1) is 13.2 Å². The van der Waals surface area contributed by atoms with Crippen LogP contribution in [0.15, 0.2) is 0 Å². The number of hydrogen-bond donors (Lipinski definition) is 2. The molecule has 0 fully saturated rings. The second-order valence-corrected chi connectivity index (χ2v) is 1.70. The number of nitrogens with zero attached hydrogens (tertiary/aromatic N) is 1. The molecule has 10 heavy (non-hydrogen) atoms. The van der Waals surface area contributed by atoms with Crippen molar-refractivity contribution in [1.82, 2.24) is 4.90 Å². The summed E-state index contributed by atoms with van der Waals surface area (Å²) in [6.45, 7) is -0.534. The molecule has 0 saturated carbocycles. The van der Waals surface area contributed by atoms with E-state index in [0.717, 1.165) is 4.90 Å². The smallest absolute Gasteiger partial charge is 0.137 e. The third-order valence-electron chi connectivity index (χ3n) is 0.998. The lowest BCUT2D eigenvalue weighted by Gasteiger charge is -2.22. The highest BCUT2D eigenvalue weighted by Gasteiger charge is 2.00. The molecular weight excluding hydrogens is 138 g/mol. The largest absolute Gasteiger partial charge is 0.530 e. The molecule has 0 aliphatic rings. The number of hydrogen-bond acceptors (Lipinski definition) is 4. The van der Waals surface area contributed by atoms with Gasteiger partial charge >= 0.3 is 0 Å². The van der Waals surface area contributed by atoms with Crippen molar-refractivity contribution in [2.75, 3.05) is 26.3 Å². The Morgan fingerprint density at radius 1 is 1.30 bits per heavy atom. The highest BCUT2D eigenvalue weighted by atomic mass is 16.4. The van der Waals surface area contributed by atoms with E-state index in [4.69, 9.17) is 10.2 Å². The minimum atomic E-state index is -1.37. The molecule has 0 aromatic rings. The van der Waals surface area contributed by atoms with E-state index >= 15 is 0 Å². The van der Waals surface area contributed by atoms with Crippen LogP contribution in [0.25, 0.3) is 0 Å².